The van der Waals surface area contributed by atoms with Gasteiger partial charge in [0.2, 0.25) is 0 Å². The summed E-state index contributed by atoms with van der Waals surface area (Å²) < 4.78 is 49.8. The van der Waals surface area contributed by atoms with Gasteiger partial charge in [-0.25, -0.2) is 22.8 Å². The summed E-state index contributed by atoms with van der Waals surface area (Å²) in [5, 5.41) is 41.6. The first-order chi connectivity index (χ1) is 19.2. The minimum absolute atomic E-state index is 0.00498. The summed E-state index contributed by atoms with van der Waals surface area (Å²) >= 11 is 6.26. The summed E-state index contributed by atoms with van der Waals surface area (Å²) in [6.07, 6.45) is 0.831. The predicted molar refractivity (Wildman–Crippen MR) is 134 cm³/mol. The van der Waals surface area contributed by atoms with Crippen LogP contribution in [0.15, 0.2) is 36.8 Å². The standard InChI is InChI=1S/C26H24ClF3N6O4/c1-11-33-26(36(34-11)18-6-15(27)8-31-21(18)12-2-3-12)25-24(39)22(23(38)19(10-37)40-25)35-9-14(7-32-35)13-4-16(28)20(30)17(29)5-13/h4-9,12,19,22-25,37-39H,2-3,10H2,1H3/t19?,22?,23-,24-,25+/m0/s1. The number of hydrogen-bond acceptors (Lipinski definition) is 8. The van der Waals surface area contributed by atoms with E-state index in [1.807, 2.05) is 0 Å². The molecule has 210 valence electrons. The molecule has 2 aliphatic rings. The largest absolute Gasteiger partial charge is 0.394 e. The second kappa shape index (κ2) is 10.2. The molecule has 0 spiro atoms. The first kappa shape index (κ1) is 26.8. The first-order valence-electron chi connectivity index (χ1n) is 12.6. The van der Waals surface area contributed by atoms with Crippen LogP contribution in [0.1, 0.15) is 48.2 Å². The van der Waals surface area contributed by atoms with Crippen molar-refractivity contribution in [2.75, 3.05) is 6.61 Å². The molecule has 6 rings (SSSR count). The van der Waals surface area contributed by atoms with E-state index in [0.29, 0.717) is 16.5 Å². The van der Waals surface area contributed by atoms with Crippen LogP contribution in [0.5, 0.6) is 0 Å². The minimum atomic E-state index is -1.60. The Morgan fingerprint density at radius 3 is 2.45 bits per heavy atom. The molecule has 0 radical (unpaired) electrons. The molecule has 1 aliphatic carbocycles. The van der Waals surface area contributed by atoms with Crippen molar-refractivity contribution in [1.29, 1.82) is 0 Å². The number of halogens is 4. The number of aromatic nitrogens is 6. The highest BCUT2D eigenvalue weighted by Crippen LogP contribution is 2.43. The van der Waals surface area contributed by atoms with Gasteiger partial charge in [-0.3, -0.25) is 9.67 Å². The monoisotopic (exact) mass is 576 g/mol. The molecule has 5 atom stereocenters. The number of pyridine rings is 1. The van der Waals surface area contributed by atoms with Crippen molar-refractivity contribution >= 4 is 11.6 Å². The maximum absolute atomic E-state index is 13.8. The molecule has 14 heteroatoms. The van der Waals surface area contributed by atoms with Gasteiger partial charge in [0, 0.05) is 23.9 Å². The molecule has 1 saturated carbocycles. The molecule has 0 bridgehead atoms. The van der Waals surface area contributed by atoms with E-state index in [0.717, 1.165) is 30.7 Å². The number of aliphatic hydroxyl groups is 3. The van der Waals surface area contributed by atoms with Crippen LogP contribution in [0.3, 0.4) is 0 Å². The van der Waals surface area contributed by atoms with Crippen molar-refractivity contribution in [3.8, 4) is 16.8 Å². The van der Waals surface area contributed by atoms with Crippen LogP contribution in [-0.4, -0.2) is 69.8 Å². The molecule has 40 heavy (non-hydrogen) atoms. The van der Waals surface area contributed by atoms with Crippen molar-refractivity contribution in [3.05, 3.63) is 76.6 Å². The van der Waals surface area contributed by atoms with E-state index in [-0.39, 0.29) is 22.9 Å². The number of aliphatic hydroxyl groups excluding tert-OH is 3. The zero-order chi connectivity index (χ0) is 28.3. The Hall–Kier alpha value is -3.36. The number of benzene rings is 1. The average Bonchev–Trinajstić information content (AvgIpc) is 3.52. The Bertz CT molecular complexity index is 1550. The van der Waals surface area contributed by atoms with Crippen LogP contribution in [0.4, 0.5) is 13.2 Å². The van der Waals surface area contributed by atoms with Gasteiger partial charge in [-0.2, -0.15) is 10.2 Å². The fourth-order valence-corrected chi connectivity index (χ4v) is 5.23. The first-order valence-corrected chi connectivity index (χ1v) is 12.9. The number of nitrogens with zero attached hydrogens (tertiary/aromatic N) is 6. The van der Waals surface area contributed by atoms with Gasteiger partial charge in [-0.1, -0.05) is 11.6 Å². The topological polar surface area (TPSA) is 131 Å². The fraction of sp³-hybridized carbons (Fsp3) is 0.385. The van der Waals surface area contributed by atoms with E-state index in [1.54, 1.807) is 19.2 Å². The molecule has 4 aromatic rings. The Morgan fingerprint density at radius 1 is 1.05 bits per heavy atom. The smallest absolute Gasteiger partial charge is 0.194 e. The minimum Gasteiger partial charge on any atom is -0.394 e. The molecular formula is C26H24ClF3N6O4. The second-order valence-corrected chi connectivity index (χ2v) is 10.4. The van der Waals surface area contributed by atoms with Crippen molar-refractivity contribution in [2.24, 2.45) is 0 Å². The van der Waals surface area contributed by atoms with Crippen LogP contribution < -0.4 is 0 Å². The molecule has 4 heterocycles. The lowest BCUT2D eigenvalue weighted by Crippen LogP contribution is -2.53. The summed E-state index contributed by atoms with van der Waals surface area (Å²) in [4.78, 5) is 8.99. The molecule has 1 aliphatic heterocycles. The van der Waals surface area contributed by atoms with Gasteiger partial charge < -0.3 is 20.1 Å². The zero-order valence-electron chi connectivity index (χ0n) is 21.0. The molecular weight excluding hydrogens is 553 g/mol. The zero-order valence-corrected chi connectivity index (χ0v) is 21.8. The van der Waals surface area contributed by atoms with E-state index in [1.165, 1.54) is 21.8 Å². The van der Waals surface area contributed by atoms with E-state index in [4.69, 9.17) is 16.3 Å². The molecule has 1 saturated heterocycles. The molecule has 0 amide bonds. The highest BCUT2D eigenvalue weighted by molar-refractivity contribution is 6.30. The normalized spacial score (nSPS) is 24.9. The third kappa shape index (κ3) is 4.67. The SMILES string of the molecule is Cc1nc([C@@H]2OC(CO)[C@H](O)C(n3cc(-c4cc(F)c(F)c(F)c4)cn3)[C@@H]2O)n(-c2cc(Cl)cnc2C2CC2)n1. The lowest BCUT2D eigenvalue weighted by molar-refractivity contribution is -0.210. The van der Waals surface area contributed by atoms with Gasteiger partial charge in [0.25, 0.3) is 0 Å². The Labute approximate surface area is 230 Å². The highest BCUT2D eigenvalue weighted by Gasteiger charge is 2.48. The van der Waals surface area contributed by atoms with Crippen molar-refractivity contribution < 1.29 is 33.2 Å². The van der Waals surface area contributed by atoms with Gasteiger partial charge >= 0.3 is 0 Å². The summed E-state index contributed by atoms with van der Waals surface area (Å²) in [6, 6.07) is 2.16. The summed E-state index contributed by atoms with van der Waals surface area (Å²) in [6.45, 7) is 1.07. The summed E-state index contributed by atoms with van der Waals surface area (Å²) in [5.74, 6) is -3.54. The van der Waals surface area contributed by atoms with Crippen LogP contribution in [-0.2, 0) is 4.74 Å². The fourth-order valence-electron chi connectivity index (χ4n) is 5.07. The lowest BCUT2D eigenvalue weighted by Gasteiger charge is -2.41. The third-order valence-corrected chi connectivity index (χ3v) is 7.37. The summed E-state index contributed by atoms with van der Waals surface area (Å²) in [7, 11) is 0. The highest BCUT2D eigenvalue weighted by atomic mass is 35.5. The summed E-state index contributed by atoms with van der Waals surface area (Å²) in [5.41, 5.74) is 1.56. The van der Waals surface area contributed by atoms with E-state index < -0.39 is 54.5 Å². The number of aryl methyl sites for hydroxylation is 1. The molecule has 2 unspecified atom stereocenters. The number of hydrogen-bond donors (Lipinski definition) is 3. The Morgan fingerprint density at radius 2 is 1.77 bits per heavy atom. The van der Waals surface area contributed by atoms with E-state index in [2.05, 4.69) is 20.2 Å². The molecule has 1 aromatic carbocycles. The van der Waals surface area contributed by atoms with Gasteiger partial charge in [-0.15, -0.1) is 0 Å². The third-order valence-electron chi connectivity index (χ3n) is 7.17. The van der Waals surface area contributed by atoms with E-state index >= 15 is 0 Å². The van der Waals surface area contributed by atoms with Gasteiger partial charge in [-0.05, 0) is 43.5 Å². The van der Waals surface area contributed by atoms with Crippen LogP contribution in [0.2, 0.25) is 5.02 Å². The maximum Gasteiger partial charge on any atom is 0.194 e. The number of ether oxygens (including phenoxy) is 1. The second-order valence-electron chi connectivity index (χ2n) is 9.97. The number of rotatable bonds is 6. The van der Waals surface area contributed by atoms with Crippen LogP contribution >= 0.6 is 11.6 Å². The van der Waals surface area contributed by atoms with Gasteiger partial charge in [0.05, 0.1) is 29.2 Å². The molecule has 3 aromatic heterocycles. The Balaban J connectivity index is 1.40. The van der Waals surface area contributed by atoms with Crippen molar-refractivity contribution in [2.45, 2.75) is 56.1 Å². The van der Waals surface area contributed by atoms with Crippen LogP contribution in [0.25, 0.3) is 16.8 Å². The van der Waals surface area contributed by atoms with Gasteiger partial charge in [0.1, 0.15) is 36.3 Å². The average molecular weight is 577 g/mol. The predicted octanol–water partition coefficient (Wildman–Crippen LogP) is 3.18. The van der Waals surface area contributed by atoms with E-state index in [9.17, 15) is 28.5 Å². The Kier molecular flexibility index (Phi) is 6.87. The molecule has 2 fully saturated rings. The van der Waals surface area contributed by atoms with Crippen LogP contribution in [0, 0.1) is 24.4 Å². The van der Waals surface area contributed by atoms with Gasteiger partial charge in [0.15, 0.2) is 23.3 Å². The van der Waals surface area contributed by atoms with Crippen molar-refractivity contribution in [3.63, 3.8) is 0 Å². The quantitative estimate of drug-likeness (QED) is 0.298. The van der Waals surface area contributed by atoms with Crippen molar-refractivity contribution in [1.82, 2.24) is 29.5 Å². The molecule has 10 nitrogen and oxygen atoms in total. The molecule has 3 N–H and O–H groups in total. The maximum atomic E-state index is 13.8. The lowest BCUT2D eigenvalue weighted by atomic mass is 9.92.